The van der Waals surface area contributed by atoms with Crippen molar-refractivity contribution in [2.75, 3.05) is 30.9 Å². The molecule has 152 valence electrons. The number of nitrogens with two attached hydrogens (primary N) is 1. The largest absolute Gasteiger partial charge is 0.444 e. The monoisotopic (exact) mass is 399 g/mol. The molecule has 3 heterocycles. The Morgan fingerprint density at radius 2 is 2.10 bits per heavy atom. The maximum absolute atomic E-state index is 12.5. The fraction of sp³-hybridized carbons (Fsp3) is 0.278. The fourth-order valence-electron chi connectivity index (χ4n) is 2.62. The van der Waals surface area contributed by atoms with Gasteiger partial charge in [0.25, 0.3) is 11.8 Å². The molecular formula is C18H21N7O4. The van der Waals surface area contributed by atoms with Gasteiger partial charge in [-0.3, -0.25) is 14.3 Å². The van der Waals surface area contributed by atoms with Crippen molar-refractivity contribution < 1.29 is 18.7 Å². The number of hydrogen-bond donors (Lipinski definition) is 3. The standard InChI is InChI=1S/C18H21N7O4/c1-10-6-11(7-14(21-10)20-4-5-28-3)18-23-13(9-29-18)17(27)22-12-8-25(2)24-15(12)16(19)26/h6-9H,4-5H2,1-3H3,(H2,19,26)(H,20,21)(H,22,27). The number of amides is 2. The van der Waals surface area contributed by atoms with Crippen LogP contribution in [0, 0.1) is 6.92 Å². The average Bonchev–Trinajstić information content (AvgIpc) is 3.28. The van der Waals surface area contributed by atoms with Crippen molar-refractivity contribution in [2.24, 2.45) is 12.8 Å². The molecule has 2 amide bonds. The minimum atomic E-state index is -0.748. The highest BCUT2D eigenvalue weighted by Gasteiger charge is 2.19. The summed E-state index contributed by atoms with van der Waals surface area (Å²) in [6, 6.07) is 3.56. The van der Waals surface area contributed by atoms with Crippen LogP contribution in [0.2, 0.25) is 0 Å². The van der Waals surface area contributed by atoms with Gasteiger partial charge in [0.05, 0.1) is 12.3 Å². The first-order chi connectivity index (χ1) is 13.9. The number of aryl methyl sites for hydroxylation is 2. The van der Waals surface area contributed by atoms with Gasteiger partial charge < -0.3 is 25.5 Å². The van der Waals surface area contributed by atoms with Gasteiger partial charge in [-0.05, 0) is 19.1 Å². The van der Waals surface area contributed by atoms with Crippen LogP contribution < -0.4 is 16.4 Å². The van der Waals surface area contributed by atoms with Gasteiger partial charge in [0.15, 0.2) is 11.4 Å². The topological polar surface area (TPSA) is 150 Å². The van der Waals surface area contributed by atoms with Crippen molar-refractivity contribution in [3.05, 3.63) is 41.7 Å². The summed E-state index contributed by atoms with van der Waals surface area (Å²) in [4.78, 5) is 32.6. The van der Waals surface area contributed by atoms with Crippen LogP contribution in [0.3, 0.4) is 0 Å². The molecule has 3 rings (SSSR count). The smallest absolute Gasteiger partial charge is 0.277 e. The molecule has 29 heavy (non-hydrogen) atoms. The molecule has 0 aromatic carbocycles. The maximum atomic E-state index is 12.5. The zero-order valence-electron chi connectivity index (χ0n) is 16.2. The number of primary amides is 1. The Morgan fingerprint density at radius 3 is 2.83 bits per heavy atom. The van der Waals surface area contributed by atoms with E-state index in [1.165, 1.54) is 17.1 Å². The average molecular weight is 399 g/mol. The number of rotatable bonds is 8. The van der Waals surface area contributed by atoms with Gasteiger partial charge in [-0.2, -0.15) is 5.10 Å². The number of carbonyl (C=O) groups excluding carboxylic acids is 2. The zero-order chi connectivity index (χ0) is 21.0. The molecule has 3 aromatic rings. The number of nitrogens with zero attached hydrogens (tertiary/aromatic N) is 4. The minimum absolute atomic E-state index is 0.0406. The summed E-state index contributed by atoms with van der Waals surface area (Å²) < 4.78 is 11.9. The molecule has 0 saturated heterocycles. The summed E-state index contributed by atoms with van der Waals surface area (Å²) in [5, 5.41) is 9.63. The highest BCUT2D eigenvalue weighted by Crippen LogP contribution is 2.23. The number of aromatic nitrogens is 4. The molecule has 0 aliphatic heterocycles. The summed E-state index contributed by atoms with van der Waals surface area (Å²) in [6.07, 6.45) is 2.71. The summed E-state index contributed by atoms with van der Waals surface area (Å²) >= 11 is 0. The number of anilines is 2. The van der Waals surface area contributed by atoms with Crippen LogP contribution in [-0.4, -0.2) is 51.8 Å². The summed E-state index contributed by atoms with van der Waals surface area (Å²) in [6.45, 7) is 2.98. The normalized spacial score (nSPS) is 10.7. The molecule has 11 heteroatoms. The van der Waals surface area contributed by atoms with Crippen molar-refractivity contribution in [2.45, 2.75) is 6.92 Å². The van der Waals surface area contributed by atoms with Gasteiger partial charge >= 0.3 is 0 Å². The van der Waals surface area contributed by atoms with Gasteiger partial charge in [0, 0.05) is 38.2 Å². The minimum Gasteiger partial charge on any atom is -0.444 e. The fourth-order valence-corrected chi connectivity index (χ4v) is 2.62. The number of hydrogen-bond acceptors (Lipinski definition) is 8. The SMILES string of the molecule is COCCNc1cc(-c2nc(C(=O)Nc3cn(C)nc3C(N)=O)co2)cc(C)n1. The molecule has 0 bridgehead atoms. The summed E-state index contributed by atoms with van der Waals surface area (Å²) in [5.74, 6) is -0.401. The van der Waals surface area contributed by atoms with E-state index in [2.05, 4.69) is 25.7 Å². The van der Waals surface area contributed by atoms with Crippen LogP contribution in [-0.2, 0) is 11.8 Å². The third-order valence-electron chi connectivity index (χ3n) is 3.86. The lowest BCUT2D eigenvalue weighted by atomic mass is 10.2. The van der Waals surface area contributed by atoms with E-state index in [1.54, 1.807) is 26.3 Å². The highest BCUT2D eigenvalue weighted by atomic mass is 16.5. The van der Waals surface area contributed by atoms with Crippen molar-refractivity contribution >= 4 is 23.3 Å². The summed E-state index contributed by atoms with van der Waals surface area (Å²) in [7, 11) is 3.23. The molecule has 0 radical (unpaired) electrons. The Morgan fingerprint density at radius 1 is 1.31 bits per heavy atom. The Kier molecular flexibility index (Phi) is 5.88. The van der Waals surface area contributed by atoms with Crippen LogP contribution in [0.4, 0.5) is 11.5 Å². The molecule has 3 aromatic heterocycles. The molecule has 0 aliphatic carbocycles. The van der Waals surface area contributed by atoms with Crippen molar-refractivity contribution in [1.29, 1.82) is 0 Å². The van der Waals surface area contributed by atoms with Gasteiger partial charge in [-0.25, -0.2) is 9.97 Å². The van der Waals surface area contributed by atoms with Crippen LogP contribution in [0.1, 0.15) is 26.7 Å². The molecule has 0 spiro atoms. The first-order valence-corrected chi connectivity index (χ1v) is 8.69. The van der Waals surface area contributed by atoms with Crippen LogP contribution in [0.5, 0.6) is 0 Å². The number of carbonyl (C=O) groups is 2. The summed E-state index contributed by atoms with van der Waals surface area (Å²) in [5.41, 5.74) is 6.89. The molecule has 4 N–H and O–H groups in total. The quantitative estimate of drug-likeness (QED) is 0.478. The van der Waals surface area contributed by atoms with E-state index in [0.29, 0.717) is 24.5 Å². The molecule has 0 atom stereocenters. The van der Waals surface area contributed by atoms with Gasteiger partial charge in [0.2, 0.25) is 5.89 Å². The Bertz CT molecular complexity index is 1040. The lowest BCUT2D eigenvalue weighted by Crippen LogP contribution is -2.18. The lowest BCUT2D eigenvalue weighted by molar-refractivity contribution is 0.0995. The van der Waals surface area contributed by atoms with Crippen LogP contribution in [0.25, 0.3) is 11.5 Å². The van der Waals surface area contributed by atoms with Crippen molar-refractivity contribution in [1.82, 2.24) is 19.7 Å². The van der Waals surface area contributed by atoms with E-state index in [0.717, 1.165) is 5.69 Å². The van der Waals surface area contributed by atoms with E-state index in [4.69, 9.17) is 14.9 Å². The molecule has 0 saturated carbocycles. The second kappa shape index (κ2) is 8.52. The number of nitrogens with one attached hydrogen (secondary N) is 2. The Labute approximate surface area is 166 Å². The van der Waals surface area contributed by atoms with Crippen LogP contribution >= 0.6 is 0 Å². The second-order valence-corrected chi connectivity index (χ2v) is 6.22. The lowest BCUT2D eigenvalue weighted by Gasteiger charge is -2.07. The first kappa shape index (κ1) is 20.0. The maximum Gasteiger partial charge on any atom is 0.277 e. The van der Waals surface area contributed by atoms with E-state index in [1.807, 2.05) is 6.92 Å². The predicted octanol–water partition coefficient (Wildman–Crippen LogP) is 1.19. The van der Waals surface area contributed by atoms with Crippen molar-refractivity contribution in [3.8, 4) is 11.5 Å². The van der Waals surface area contributed by atoms with Gasteiger partial charge in [-0.15, -0.1) is 0 Å². The van der Waals surface area contributed by atoms with Gasteiger partial charge in [-0.1, -0.05) is 0 Å². The second-order valence-electron chi connectivity index (χ2n) is 6.22. The third-order valence-corrected chi connectivity index (χ3v) is 3.86. The van der Waals surface area contributed by atoms with Crippen molar-refractivity contribution in [3.63, 3.8) is 0 Å². The number of ether oxygens (including phenoxy) is 1. The molecular weight excluding hydrogens is 378 g/mol. The third kappa shape index (κ3) is 4.76. The van der Waals surface area contributed by atoms with E-state index < -0.39 is 11.8 Å². The highest BCUT2D eigenvalue weighted by molar-refractivity contribution is 6.07. The van der Waals surface area contributed by atoms with E-state index in [9.17, 15) is 9.59 Å². The van der Waals surface area contributed by atoms with Crippen LogP contribution in [0.15, 0.2) is 29.0 Å². The first-order valence-electron chi connectivity index (χ1n) is 8.69. The number of oxazole rings is 1. The Balaban J connectivity index is 1.78. The van der Waals surface area contributed by atoms with E-state index >= 15 is 0 Å². The molecule has 0 unspecified atom stereocenters. The predicted molar refractivity (Wildman–Crippen MR) is 105 cm³/mol. The molecule has 0 aliphatic rings. The van der Waals surface area contributed by atoms with E-state index in [-0.39, 0.29) is 23.0 Å². The molecule has 11 nitrogen and oxygen atoms in total. The molecule has 0 fully saturated rings. The number of methoxy groups -OCH3 is 1. The van der Waals surface area contributed by atoms with Gasteiger partial charge in [0.1, 0.15) is 12.1 Å². The Hall–Kier alpha value is -3.73. The zero-order valence-corrected chi connectivity index (χ0v) is 16.2. The number of pyridine rings is 1.